The Morgan fingerprint density at radius 2 is 0.526 bits per heavy atom. The summed E-state index contributed by atoms with van der Waals surface area (Å²) in [4.78, 5) is 17.9. The lowest BCUT2D eigenvalue weighted by Crippen LogP contribution is -2.44. The second kappa shape index (κ2) is 43.6. The maximum Gasteiger partial charge on any atom is 0.173 e. The Bertz CT molecular complexity index is 4480. The number of nitrogens with one attached hydrogen (secondary N) is 2. The zero-order valence-corrected chi connectivity index (χ0v) is 73.5. The van der Waals surface area contributed by atoms with E-state index >= 15 is 0 Å². The van der Waals surface area contributed by atoms with E-state index < -0.39 is 33.3 Å². The third-order valence-corrected chi connectivity index (χ3v) is 37.0. The molecule has 0 saturated heterocycles. The van der Waals surface area contributed by atoms with Crippen molar-refractivity contribution < 1.29 is 27.2 Å². The predicted molar refractivity (Wildman–Crippen MR) is 487 cm³/mol. The van der Waals surface area contributed by atoms with Crippen LogP contribution in [0, 0.1) is 22.7 Å². The molecular weight excluding hydrogens is 1470 g/mol. The Morgan fingerprint density at radius 3 is 0.807 bits per heavy atom. The number of H-pyrrole nitrogens is 2. The van der Waals surface area contributed by atoms with Gasteiger partial charge in [0.2, 0.25) is 0 Å². The van der Waals surface area contributed by atoms with Crippen LogP contribution in [0.3, 0.4) is 0 Å². The lowest BCUT2D eigenvalue weighted by Gasteiger charge is -2.34. The minimum Gasteiger partial charge on any atom is -0.494 e. The van der Waals surface area contributed by atoms with Gasteiger partial charge in [0.1, 0.15) is 23.0 Å². The summed E-state index contributed by atoms with van der Waals surface area (Å²) in [5, 5.41) is 18.2. The SMILES string of the molecule is C[Si](C)(CCCCCCCCCCCOc1ccc(-c2c3nc(cc4ccc([nH]4)c(-c4ccc(OCCCCCCCCCCC[Si](C)(C)O[Si](C)(C)CCCCCOc5ccc(-c6ccc(C#N)cc6)cc5)cc4)c4nc(cc5ccc2[nH]5)C=C4)C=C3)cc1)O[Si](C)(C)CCCCCOc1ccc(-c2ccc(C#N)cc2)cc1. The van der Waals surface area contributed by atoms with E-state index in [4.69, 9.17) is 47.7 Å². The molecule has 2 N–H and O–H groups in total. The van der Waals surface area contributed by atoms with Gasteiger partial charge in [0.15, 0.2) is 33.3 Å². The molecule has 2 aliphatic heterocycles. The molecule has 598 valence electrons. The minimum atomic E-state index is -1.72. The van der Waals surface area contributed by atoms with Gasteiger partial charge in [0, 0.05) is 33.2 Å². The van der Waals surface area contributed by atoms with Gasteiger partial charge in [-0.3, -0.25) is 0 Å². The lowest BCUT2D eigenvalue weighted by molar-refractivity contribution is 0.304. The fourth-order valence-electron chi connectivity index (χ4n) is 16.0. The molecule has 0 fully saturated rings. The highest BCUT2D eigenvalue weighted by atomic mass is 28.4. The highest BCUT2D eigenvalue weighted by Crippen LogP contribution is 2.36. The Morgan fingerprint density at radius 1 is 0.281 bits per heavy atom. The van der Waals surface area contributed by atoms with Gasteiger partial charge in [0.25, 0.3) is 0 Å². The molecule has 2 aliphatic rings. The number of rotatable bonds is 48. The van der Waals surface area contributed by atoms with E-state index in [9.17, 15) is 0 Å². The van der Waals surface area contributed by atoms with Crippen LogP contribution < -0.4 is 18.9 Å². The van der Waals surface area contributed by atoms with Crippen LogP contribution in [0.2, 0.25) is 76.6 Å². The average molecular weight is 1590 g/mol. The van der Waals surface area contributed by atoms with E-state index in [0.29, 0.717) is 11.1 Å². The van der Waals surface area contributed by atoms with Gasteiger partial charge in [-0.1, -0.05) is 201 Å². The summed E-state index contributed by atoms with van der Waals surface area (Å²) in [6.07, 6.45) is 37.9. The molecule has 0 spiro atoms. The van der Waals surface area contributed by atoms with Gasteiger partial charge in [-0.15, -0.1) is 0 Å². The number of hydrogen-bond acceptors (Lipinski definition) is 10. The maximum absolute atomic E-state index is 9.10. The van der Waals surface area contributed by atoms with Crippen LogP contribution >= 0.6 is 0 Å². The number of ether oxygens (including phenoxy) is 4. The van der Waals surface area contributed by atoms with Crippen molar-refractivity contribution in [2.24, 2.45) is 0 Å². The normalized spacial score (nSPS) is 12.3. The first-order chi connectivity index (χ1) is 55.3. The van der Waals surface area contributed by atoms with E-state index in [2.05, 4.69) is 208 Å². The summed E-state index contributed by atoms with van der Waals surface area (Å²) in [7, 11) is -6.82. The molecule has 0 atom stereocenters. The highest BCUT2D eigenvalue weighted by Gasteiger charge is 2.34. The third-order valence-electron chi connectivity index (χ3n) is 22.0. The Hall–Kier alpha value is -9.11. The van der Waals surface area contributed by atoms with E-state index in [-0.39, 0.29) is 0 Å². The molecule has 9 aromatic rings. The zero-order chi connectivity index (χ0) is 79.9. The largest absolute Gasteiger partial charge is 0.494 e. The predicted octanol–water partition coefficient (Wildman–Crippen LogP) is 28.2. The fraction of sp³-hybridized carbons (Fsp3) is 0.408. The first kappa shape index (κ1) is 85.8. The Kier molecular flexibility index (Phi) is 32.8. The van der Waals surface area contributed by atoms with Crippen LogP contribution in [0.25, 0.3) is 90.9 Å². The molecule has 0 unspecified atom stereocenters. The number of nitrogens with zero attached hydrogens (tertiary/aromatic N) is 4. The number of fused-ring (bicyclic) bond motifs is 8. The van der Waals surface area contributed by atoms with Gasteiger partial charge in [0.05, 0.1) is 72.5 Å². The van der Waals surface area contributed by atoms with Gasteiger partial charge >= 0.3 is 0 Å². The zero-order valence-electron chi connectivity index (χ0n) is 69.5. The first-order valence-electron chi connectivity index (χ1n) is 42.8. The van der Waals surface area contributed by atoms with Crippen LogP contribution in [0.5, 0.6) is 23.0 Å². The second-order valence-corrected chi connectivity index (χ2v) is 51.5. The lowest BCUT2D eigenvalue weighted by atomic mass is 10.0. The smallest absolute Gasteiger partial charge is 0.173 e. The van der Waals surface area contributed by atoms with Crippen molar-refractivity contribution in [2.45, 2.75) is 231 Å². The molecule has 0 radical (unpaired) electrons. The molecule has 16 heteroatoms. The van der Waals surface area contributed by atoms with Crippen molar-refractivity contribution in [1.29, 1.82) is 10.5 Å². The van der Waals surface area contributed by atoms with Gasteiger partial charge < -0.3 is 37.1 Å². The summed E-state index contributed by atoms with van der Waals surface area (Å²) in [5.41, 5.74) is 17.5. The summed E-state index contributed by atoms with van der Waals surface area (Å²) in [5.74, 6) is 3.59. The van der Waals surface area contributed by atoms with Gasteiger partial charge in [-0.2, -0.15) is 10.5 Å². The van der Waals surface area contributed by atoms with Crippen LogP contribution in [0.4, 0.5) is 0 Å². The van der Waals surface area contributed by atoms with Crippen molar-refractivity contribution in [2.75, 3.05) is 26.4 Å². The van der Waals surface area contributed by atoms with Crippen molar-refractivity contribution in [3.8, 4) is 79.6 Å². The quantitative estimate of drug-likeness (QED) is 0.0277. The molecule has 5 heterocycles. The molecule has 8 bridgehead atoms. The van der Waals surface area contributed by atoms with E-state index in [0.717, 1.165) is 177 Å². The molecule has 0 amide bonds. The first-order valence-corrected chi connectivity index (χ1v) is 55.2. The van der Waals surface area contributed by atoms with Crippen molar-refractivity contribution in [3.63, 3.8) is 0 Å². The summed E-state index contributed by atoms with van der Waals surface area (Å²) < 4.78 is 38.8. The molecule has 6 aromatic carbocycles. The fourth-order valence-corrected chi connectivity index (χ4v) is 34.0. The molecule has 0 aliphatic carbocycles. The molecule has 0 saturated carbocycles. The Labute approximate surface area is 685 Å². The van der Waals surface area contributed by atoms with Crippen molar-refractivity contribution in [1.82, 2.24) is 19.9 Å². The third kappa shape index (κ3) is 28.1. The molecule has 3 aromatic heterocycles. The second-order valence-electron chi connectivity index (χ2n) is 33.8. The van der Waals surface area contributed by atoms with Crippen LogP contribution in [-0.2, 0) is 8.23 Å². The number of nitriles is 2. The highest BCUT2D eigenvalue weighted by molar-refractivity contribution is 6.85. The number of aromatic nitrogens is 4. The van der Waals surface area contributed by atoms with E-state index in [1.165, 1.54) is 140 Å². The number of benzene rings is 6. The van der Waals surface area contributed by atoms with Crippen molar-refractivity contribution in [3.05, 3.63) is 216 Å². The summed E-state index contributed by atoms with van der Waals surface area (Å²) in [6, 6.07) is 71.0. The van der Waals surface area contributed by atoms with E-state index in [1.54, 1.807) is 0 Å². The van der Waals surface area contributed by atoms with Crippen LogP contribution in [0.1, 0.15) is 188 Å². The number of unbranched alkanes of at least 4 members (excludes halogenated alkanes) is 20. The Balaban J connectivity index is 0.537. The van der Waals surface area contributed by atoms with Crippen molar-refractivity contribution >= 4 is 79.6 Å². The van der Waals surface area contributed by atoms with Gasteiger partial charge in [-0.05, 0) is 269 Å². The maximum atomic E-state index is 9.10. The van der Waals surface area contributed by atoms with Gasteiger partial charge in [-0.25, -0.2) is 9.97 Å². The molecule has 11 rings (SSSR count). The molecule has 12 nitrogen and oxygen atoms in total. The summed E-state index contributed by atoms with van der Waals surface area (Å²) in [6.45, 7) is 22.4. The standard InChI is InChI=1S/C98H124N6O6Si4/c1-111(2,109-113(5,6)71-31-23-27-67-107-89-53-41-81(42-54-89)79-37-33-77(75-99)34-38-79)69-29-21-17-13-9-11-15-19-25-65-105-91-57-45-83(46-58-91)97-93-61-49-85(101-93)73-87-51-63-95(103-87)98(96-64-52-88(104-96)74-86-50-62-94(97)102-86)84-47-59-92(60-48-84)106-66-26-20-16-12-10-14-18-22-30-70-112(3,4)110-114(7,8)72-32-24-28-68-108-90-55-43-82(44-56-90)80-39-35-78(76-100)36-40-80/h33-64,73-74,101,104H,9-32,65-72H2,1-8H3. The monoisotopic (exact) mass is 1590 g/mol. The molecular formula is C98H124N6O6Si4. The topological polar surface area (TPSA) is 160 Å². The van der Waals surface area contributed by atoms with Crippen LogP contribution in [-0.4, -0.2) is 79.6 Å². The van der Waals surface area contributed by atoms with E-state index in [1.807, 2.05) is 72.8 Å². The number of hydrogen-bond donors (Lipinski definition) is 2. The minimum absolute atomic E-state index is 0.675. The van der Waals surface area contributed by atoms with Crippen LogP contribution in [0.15, 0.2) is 182 Å². The average Bonchev–Trinajstić information content (AvgIpc) is 1.63. The summed E-state index contributed by atoms with van der Waals surface area (Å²) >= 11 is 0. The molecule has 114 heavy (non-hydrogen) atoms. The number of aromatic amines is 2.